The molecule has 0 aliphatic carbocycles. The highest BCUT2D eigenvalue weighted by atomic mass is 35.5. The summed E-state index contributed by atoms with van der Waals surface area (Å²) in [6.45, 7) is -0.571. The summed E-state index contributed by atoms with van der Waals surface area (Å²) in [4.78, 5) is 0. The fraction of sp³-hybridized carbons (Fsp3) is 1.00. The molecule has 1 unspecified atom stereocenters. The van der Waals surface area contributed by atoms with Crippen LogP contribution in [-0.4, -0.2) is 32.5 Å². The van der Waals surface area contributed by atoms with Gasteiger partial charge in [-0.3, -0.25) is 0 Å². The van der Waals surface area contributed by atoms with E-state index in [-0.39, 0.29) is 0 Å². The quantitative estimate of drug-likeness (QED) is 0.376. The zero-order valence-corrected chi connectivity index (χ0v) is 5.39. The summed E-state index contributed by atoms with van der Waals surface area (Å²) in [6.07, 6.45) is 0. The van der Waals surface area contributed by atoms with Crippen LogP contribution < -0.4 is 0 Å². The molecular formula is C3H6Cl2O3. The summed E-state index contributed by atoms with van der Waals surface area (Å²) in [5.41, 5.74) is 0. The molecule has 0 aliphatic heterocycles. The highest BCUT2D eigenvalue weighted by Crippen LogP contribution is 2.16. The van der Waals surface area contributed by atoms with Gasteiger partial charge in [-0.2, -0.15) is 0 Å². The Bertz CT molecular complexity index is 69.4. The molecule has 1 atom stereocenters. The Morgan fingerprint density at radius 3 is 1.88 bits per heavy atom. The Hall–Kier alpha value is 0.460. The fourth-order valence-electron chi connectivity index (χ4n) is 0.116. The maximum absolute atomic E-state index is 8.32. The Labute approximate surface area is 56.5 Å². The number of rotatable bonds is 2. The number of aliphatic hydroxyl groups is 3. The minimum Gasteiger partial charge on any atom is -0.395 e. The van der Waals surface area contributed by atoms with E-state index in [1.165, 1.54) is 0 Å². The lowest BCUT2D eigenvalue weighted by atomic mass is 10.4. The van der Waals surface area contributed by atoms with Gasteiger partial charge in [-0.1, -0.05) is 11.6 Å². The first-order chi connectivity index (χ1) is 3.48. The van der Waals surface area contributed by atoms with E-state index in [0.29, 0.717) is 0 Å². The molecule has 0 aromatic rings. The topological polar surface area (TPSA) is 60.7 Å². The molecule has 0 amide bonds. The van der Waals surface area contributed by atoms with Gasteiger partial charge < -0.3 is 15.3 Å². The fourth-order valence-corrected chi connectivity index (χ4v) is 0.185. The smallest absolute Gasteiger partial charge is 0.262 e. The normalized spacial score (nSPS) is 16.1. The average Bonchev–Trinajstić information content (AvgIpc) is 1.62. The van der Waals surface area contributed by atoms with Crippen LogP contribution in [0.5, 0.6) is 0 Å². The highest BCUT2D eigenvalue weighted by Gasteiger charge is 2.29. The van der Waals surface area contributed by atoms with Gasteiger partial charge in [0.25, 0.3) is 5.25 Å². The van der Waals surface area contributed by atoms with Crippen LogP contribution in [-0.2, 0) is 0 Å². The number of halogens is 2. The van der Waals surface area contributed by atoms with Crippen LogP contribution in [0.2, 0.25) is 0 Å². The van der Waals surface area contributed by atoms with Gasteiger partial charge in [0.05, 0.1) is 6.61 Å². The summed E-state index contributed by atoms with van der Waals surface area (Å²) >= 11 is 9.86. The van der Waals surface area contributed by atoms with Crippen molar-refractivity contribution in [3.8, 4) is 0 Å². The van der Waals surface area contributed by atoms with Gasteiger partial charge in [0.2, 0.25) is 0 Å². The molecule has 0 bridgehead atoms. The van der Waals surface area contributed by atoms with Crippen LogP contribution in [0.25, 0.3) is 0 Å². The summed E-state index contributed by atoms with van der Waals surface area (Å²) in [7, 11) is 0. The molecular weight excluding hydrogens is 155 g/mol. The van der Waals surface area contributed by atoms with Crippen molar-refractivity contribution in [3.63, 3.8) is 0 Å². The van der Waals surface area contributed by atoms with E-state index in [1.54, 1.807) is 0 Å². The molecule has 8 heavy (non-hydrogen) atoms. The standard InChI is InChI=1S/C3H6Cl2O3/c4-2(1-6)3(5,7)8/h2,6-8H,1H2. The molecule has 0 aromatic carbocycles. The summed E-state index contributed by atoms with van der Waals surface area (Å²) in [5, 5.41) is 21.0. The second-order valence-corrected chi connectivity index (χ2v) is 2.37. The molecule has 0 saturated carbocycles. The van der Waals surface area contributed by atoms with E-state index in [2.05, 4.69) is 0 Å². The molecule has 0 saturated heterocycles. The summed E-state index contributed by atoms with van der Waals surface area (Å²) in [6, 6.07) is 0. The van der Waals surface area contributed by atoms with Crippen LogP contribution in [0.15, 0.2) is 0 Å². The third-order valence-corrected chi connectivity index (χ3v) is 1.38. The van der Waals surface area contributed by atoms with Crippen molar-refractivity contribution >= 4 is 23.2 Å². The van der Waals surface area contributed by atoms with E-state index in [0.717, 1.165) is 0 Å². The van der Waals surface area contributed by atoms with E-state index < -0.39 is 17.2 Å². The van der Waals surface area contributed by atoms with Crippen LogP contribution in [0.3, 0.4) is 0 Å². The molecule has 0 heterocycles. The Kier molecular flexibility index (Phi) is 3.01. The van der Waals surface area contributed by atoms with Crippen LogP contribution in [0.4, 0.5) is 0 Å². The monoisotopic (exact) mass is 160 g/mol. The van der Waals surface area contributed by atoms with Gasteiger partial charge >= 0.3 is 0 Å². The van der Waals surface area contributed by atoms with Crippen molar-refractivity contribution in [1.29, 1.82) is 0 Å². The van der Waals surface area contributed by atoms with Crippen molar-refractivity contribution in [2.75, 3.05) is 6.61 Å². The number of hydrogen-bond acceptors (Lipinski definition) is 3. The molecule has 0 rings (SSSR count). The summed E-state index contributed by atoms with van der Waals surface area (Å²) in [5.74, 6) is 0. The lowest BCUT2D eigenvalue weighted by Crippen LogP contribution is -2.34. The third-order valence-electron chi connectivity index (χ3n) is 0.559. The van der Waals surface area contributed by atoms with Gasteiger partial charge in [-0.15, -0.1) is 11.6 Å². The minimum absolute atomic E-state index is 0.571. The Balaban J connectivity index is 3.62. The zero-order chi connectivity index (χ0) is 6.78. The second-order valence-electron chi connectivity index (χ2n) is 1.29. The maximum atomic E-state index is 8.32. The third kappa shape index (κ3) is 2.69. The van der Waals surface area contributed by atoms with Crippen molar-refractivity contribution in [1.82, 2.24) is 0 Å². The Morgan fingerprint density at radius 2 is 1.88 bits per heavy atom. The van der Waals surface area contributed by atoms with Gasteiger partial charge in [0.15, 0.2) is 0 Å². The van der Waals surface area contributed by atoms with Gasteiger partial charge in [0.1, 0.15) is 5.38 Å². The van der Waals surface area contributed by atoms with E-state index in [9.17, 15) is 0 Å². The van der Waals surface area contributed by atoms with Crippen molar-refractivity contribution in [3.05, 3.63) is 0 Å². The SMILES string of the molecule is OCC(Cl)C(O)(O)Cl. The first-order valence-electron chi connectivity index (χ1n) is 1.87. The summed E-state index contributed by atoms with van der Waals surface area (Å²) < 4.78 is 0. The maximum Gasteiger partial charge on any atom is 0.262 e. The molecule has 0 aliphatic rings. The van der Waals surface area contributed by atoms with Gasteiger partial charge in [-0.05, 0) is 0 Å². The van der Waals surface area contributed by atoms with E-state index in [1.807, 2.05) is 0 Å². The minimum atomic E-state index is -2.50. The van der Waals surface area contributed by atoms with E-state index in [4.69, 9.17) is 38.5 Å². The Morgan fingerprint density at radius 1 is 1.50 bits per heavy atom. The predicted molar refractivity (Wildman–Crippen MR) is 29.7 cm³/mol. The lowest BCUT2D eigenvalue weighted by molar-refractivity contribution is -0.0929. The number of hydrogen-bond donors (Lipinski definition) is 3. The number of alkyl halides is 2. The molecule has 0 aromatic heterocycles. The van der Waals surface area contributed by atoms with Crippen molar-refractivity contribution < 1.29 is 15.3 Å². The highest BCUT2D eigenvalue weighted by molar-refractivity contribution is 6.30. The second kappa shape index (κ2) is 2.85. The zero-order valence-electron chi connectivity index (χ0n) is 3.88. The molecule has 5 heteroatoms. The molecule has 50 valence electrons. The molecule has 0 fully saturated rings. The predicted octanol–water partition coefficient (Wildman–Crippen LogP) is -0.537. The first-order valence-corrected chi connectivity index (χ1v) is 2.68. The lowest BCUT2D eigenvalue weighted by Gasteiger charge is -2.16. The molecule has 3 N–H and O–H groups in total. The first kappa shape index (κ1) is 8.46. The van der Waals surface area contributed by atoms with E-state index >= 15 is 0 Å². The van der Waals surface area contributed by atoms with Gasteiger partial charge in [-0.25, -0.2) is 0 Å². The van der Waals surface area contributed by atoms with Crippen molar-refractivity contribution in [2.45, 2.75) is 10.6 Å². The molecule has 3 nitrogen and oxygen atoms in total. The van der Waals surface area contributed by atoms with Crippen LogP contribution in [0.1, 0.15) is 0 Å². The average molecular weight is 161 g/mol. The van der Waals surface area contributed by atoms with Crippen LogP contribution >= 0.6 is 23.2 Å². The molecule has 0 spiro atoms. The molecule has 0 radical (unpaired) electrons. The van der Waals surface area contributed by atoms with Crippen molar-refractivity contribution in [2.24, 2.45) is 0 Å². The van der Waals surface area contributed by atoms with Gasteiger partial charge in [0, 0.05) is 0 Å². The largest absolute Gasteiger partial charge is 0.395 e. The van der Waals surface area contributed by atoms with Crippen LogP contribution in [0, 0.1) is 0 Å². The number of aliphatic hydroxyl groups excluding tert-OH is 1.